The van der Waals surface area contributed by atoms with Crippen LogP contribution in [-0.2, 0) is 15.1 Å². The molecule has 0 amide bonds. The van der Waals surface area contributed by atoms with Crippen LogP contribution in [0.5, 0.6) is 11.5 Å². The Hall–Kier alpha value is -1.03. The number of aliphatic hydroxyl groups is 2. The number of phenolic OH excluding ortho intramolecular Hbond substituents is 2. The Morgan fingerprint density at radius 3 is 1.31 bits per heavy atom. The normalized spacial score (nSPS) is 11.9. The number of benzene rings is 2. The first-order valence-electron chi connectivity index (χ1n) is 13.8. The third-order valence-electron chi connectivity index (χ3n) is 6.33. The van der Waals surface area contributed by atoms with E-state index in [-0.39, 0.29) is 30.0 Å². The van der Waals surface area contributed by atoms with Crippen molar-refractivity contribution in [3.05, 3.63) is 57.6 Å². The van der Waals surface area contributed by atoms with Gasteiger partial charge in [0.25, 0.3) is 0 Å². The van der Waals surface area contributed by atoms with Crippen molar-refractivity contribution in [2.24, 2.45) is 0 Å². The molecule has 2 aromatic carbocycles. The van der Waals surface area contributed by atoms with E-state index in [0.29, 0.717) is 11.5 Å². The lowest BCUT2D eigenvalue weighted by atomic mass is 9.76. The number of aliphatic hydroxyl groups excluding tert-OH is 2. The van der Waals surface area contributed by atoms with Gasteiger partial charge in [-0.05, 0) is 76.6 Å². The van der Waals surface area contributed by atoms with Gasteiger partial charge in [0.05, 0.1) is 13.2 Å². The second-order valence-electron chi connectivity index (χ2n) is 11.9. The summed E-state index contributed by atoms with van der Waals surface area (Å²) in [4.78, 5) is 31.3. The molecule has 0 saturated carbocycles. The lowest BCUT2D eigenvalue weighted by Gasteiger charge is -2.29. The Labute approximate surface area is 258 Å². The SMILES string of the molecule is CCCC(c1cc(C(C)(C)C)c(O)cc1C)c1cc(C(C)(C)C)c(O)cc1C.OCCSCCO.OP(O)OP(O)O. The van der Waals surface area contributed by atoms with Crippen LogP contribution in [0.25, 0.3) is 0 Å². The molecule has 0 heterocycles. The van der Waals surface area contributed by atoms with E-state index in [4.69, 9.17) is 29.8 Å². The number of aryl methyl sites for hydroxylation is 2. The van der Waals surface area contributed by atoms with Crippen LogP contribution in [-0.4, -0.2) is 64.7 Å². The standard InChI is InChI=1S/C26H38O2.C4H10O2S.H4O5P2/c1-10-11-18(19-14-21(25(4,5)6)23(27)12-16(19)2)20-15-22(26(7,8)9)24(28)13-17(20)3;5-1-3-7-4-2-6;1-6(2)5-7(3)4/h12-15,18,27-28H,10-11H2,1-9H3;5-6H,1-4H2;1-4H. The van der Waals surface area contributed by atoms with E-state index in [1.807, 2.05) is 12.1 Å². The molecule has 0 bridgehead atoms. The molecule has 0 aliphatic carbocycles. The monoisotopic (exact) mass is 650 g/mol. The van der Waals surface area contributed by atoms with E-state index >= 15 is 0 Å². The summed E-state index contributed by atoms with van der Waals surface area (Å²) in [7, 11) is -5.22. The molecule has 12 heteroatoms. The van der Waals surface area contributed by atoms with Crippen molar-refractivity contribution in [1.82, 2.24) is 0 Å². The zero-order valence-corrected chi connectivity index (χ0v) is 29.0. The highest BCUT2D eigenvalue weighted by Gasteiger charge is 2.26. The summed E-state index contributed by atoms with van der Waals surface area (Å²) in [5.74, 6) is 2.47. The van der Waals surface area contributed by atoms with E-state index in [9.17, 15) is 10.2 Å². The highest BCUT2D eigenvalue weighted by molar-refractivity contribution is 7.99. The maximum absolute atomic E-state index is 10.5. The molecular weight excluding hydrogens is 598 g/mol. The molecule has 0 radical (unpaired) electrons. The summed E-state index contributed by atoms with van der Waals surface area (Å²) in [5, 5.41) is 37.5. The maximum atomic E-state index is 10.5. The van der Waals surface area contributed by atoms with Gasteiger partial charge in [-0.15, -0.1) is 0 Å². The molecule has 0 unspecified atom stereocenters. The predicted octanol–water partition coefficient (Wildman–Crippen LogP) is 6.37. The molecule has 42 heavy (non-hydrogen) atoms. The van der Waals surface area contributed by atoms with Crippen molar-refractivity contribution in [3.63, 3.8) is 0 Å². The molecule has 0 fully saturated rings. The summed E-state index contributed by atoms with van der Waals surface area (Å²) in [5.41, 5.74) is 6.52. The first-order chi connectivity index (χ1) is 19.3. The molecule has 0 saturated heterocycles. The number of hydrogen-bond donors (Lipinski definition) is 8. The number of thioether (sulfide) groups is 1. The fourth-order valence-electron chi connectivity index (χ4n) is 4.43. The fraction of sp³-hybridized carbons (Fsp3) is 0.600. The van der Waals surface area contributed by atoms with E-state index in [2.05, 4.69) is 78.8 Å². The van der Waals surface area contributed by atoms with Crippen LogP contribution in [0.3, 0.4) is 0 Å². The maximum Gasteiger partial charge on any atom is 0.334 e. The molecule has 0 spiro atoms. The van der Waals surface area contributed by atoms with Gasteiger partial charge in [-0.1, -0.05) is 67.0 Å². The van der Waals surface area contributed by atoms with Crippen LogP contribution in [0, 0.1) is 13.8 Å². The molecule has 2 rings (SSSR count). The van der Waals surface area contributed by atoms with Gasteiger partial charge in [-0.3, -0.25) is 0 Å². The van der Waals surface area contributed by atoms with Crippen LogP contribution in [0.4, 0.5) is 0 Å². The van der Waals surface area contributed by atoms with Gasteiger partial charge in [0.15, 0.2) is 0 Å². The Balaban J connectivity index is 0.000000990. The molecule has 0 atom stereocenters. The summed E-state index contributed by atoms with van der Waals surface area (Å²) in [6.45, 7) is 19.6. The van der Waals surface area contributed by atoms with Crippen LogP contribution in [0.2, 0.25) is 0 Å². The van der Waals surface area contributed by atoms with E-state index in [0.717, 1.165) is 46.6 Å². The molecule has 0 aliphatic heterocycles. The van der Waals surface area contributed by atoms with Crippen molar-refractivity contribution in [1.29, 1.82) is 0 Å². The topological polar surface area (TPSA) is 171 Å². The Morgan fingerprint density at radius 1 is 0.714 bits per heavy atom. The molecule has 2 aromatic rings. The van der Waals surface area contributed by atoms with E-state index in [1.54, 1.807) is 11.8 Å². The number of aromatic hydroxyl groups is 2. The minimum atomic E-state index is -2.61. The first kappa shape index (κ1) is 41.0. The Bertz CT molecular complexity index is 989. The van der Waals surface area contributed by atoms with Crippen LogP contribution in [0.1, 0.15) is 101 Å². The van der Waals surface area contributed by atoms with Crippen LogP contribution < -0.4 is 0 Å². The third-order valence-corrected chi connectivity index (χ3v) is 8.44. The van der Waals surface area contributed by atoms with E-state index < -0.39 is 17.2 Å². The molecule has 8 N–H and O–H groups in total. The number of phenols is 2. The van der Waals surface area contributed by atoms with Crippen molar-refractivity contribution >= 4 is 29.0 Å². The van der Waals surface area contributed by atoms with Gasteiger partial charge in [0, 0.05) is 17.4 Å². The predicted molar refractivity (Wildman–Crippen MR) is 175 cm³/mol. The van der Waals surface area contributed by atoms with Gasteiger partial charge in [0.2, 0.25) is 0 Å². The lowest BCUT2D eigenvalue weighted by molar-refractivity contribution is 0.317. The smallest absolute Gasteiger partial charge is 0.334 e. The van der Waals surface area contributed by atoms with Gasteiger partial charge < -0.3 is 40.0 Å². The average molecular weight is 651 g/mol. The number of rotatable bonds is 10. The minimum Gasteiger partial charge on any atom is -0.508 e. The number of hydrogen-bond acceptors (Lipinski definition) is 10. The summed E-state index contributed by atoms with van der Waals surface area (Å²) < 4.78 is 3.60. The van der Waals surface area contributed by atoms with Crippen LogP contribution in [0.15, 0.2) is 24.3 Å². The van der Waals surface area contributed by atoms with Crippen molar-refractivity contribution < 1.29 is 44.3 Å². The largest absolute Gasteiger partial charge is 0.508 e. The quantitative estimate of drug-likeness (QED) is 0.107. The van der Waals surface area contributed by atoms with Gasteiger partial charge in [0.1, 0.15) is 11.5 Å². The van der Waals surface area contributed by atoms with Gasteiger partial charge >= 0.3 is 17.2 Å². The highest BCUT2D eigenvalue weighted by atomic mass is 32.2. The molecular formula is C30H52O9P2S. The summed E-state index contributed by atoms with van der Waals surface area (Å²) in [6.07, 6.45) is 2.10. The molecule has 9 nitrogen and oxygen atoms in total. The lowest BCUT2D eigenvalue weighted by Crippen LogP contribution is -2.16. The Morgan fingerprint density at radius 2 is 1.07 bits per heavy atom. The van der Waals surface area contributed by atoms with Crippen molar-refractivity contribution in [2.45, 2.75) is 91.9 Å². The second-order valence-corrected chi connectivity index (χ2v) is 14.8. The average Bonchev–Trinajstić information content (AvgIpc) is 2.82. The fourth-order valence-corrected chi connectivity index (χ4v) is 5.42. The molecule has 0 aromatic heterocycles. The van der Waals surface area contributed by atoms with E-state index in [1.165, 1.54) is 11.1 Å². The molecule has 0 aliphatic rings. The first-order valence-corrected chi connectivity index (χ1v) is 17.3. The zero-order valence-electron chi connectivity index (χ0n) is 26.4. The molecule has 242 valence electrons. The second kappa shape index (κ2) is 19.4. The summed E-state index contributed by atoms with van der Waals surface area (Å²) >= 11 is 1.55. The highest BCUT2D eigenvalue weighted by Crippen LogP contribution is 2.43. The van der Waals surface area contributed by atoms with Gasteiger partial charge in [-0.2, -0.15) is 11.8 Å². The zero-order chi connectivity index (χ0) is 32.8. The van der Waals surface area contributed by atoms with Crippen LogP contribution >= 0.6 is 29.0 Å². The minimum absolute atomic E-state index is 0.121. The third kappa shape index (κ3) is 14.6. The summed E-state index contributed by atoms with van der Waals surface area (Å²) in [6, 6.07) is 8.24. The Kier molecular flexibility index (Phi) is 18.9. The van der Waals surface area contributed by atoms with Crippen molar-refractivity contribution in [2.75, 3.05) is 24.7 Å². The van der Waals surface area contributed by atoms with Gasteiger partial charge in [-0.25, -0.2) is 4.31 Å². The van der Waals surface area contributed by atoms with Crippen molar-refractivity contribution in [3.8, 4) is 11.5 Å².